The summed E-state index contributed by atoms with van der Waals surface area (Å²) < 4.78 is 2.36. The van der Waals surface area contributed by atoms with Crippen molar-refractivity contribution >= 4 is 43.0 Å². The van der Waals surface area contributed by atoms with Crippen LogP contribution in [0.2, 0.25) is 0 Å². The summed E-state index contributed by atoms with van der Waals surface area (Å²) in [6.07, 6.45) is 1.69. The number of pyridine rings is 1. The first kappa shape index (κ1) is 10.7. The van der Waals surface area contributed by atoms with Crippen LogP contribution >= 0.6 is 27.3 Å². The fourth-order valence-electron chi connectivity index (χ4n) is 1.68. The Hall–Kier alpha value is -1.39. The first-order valence-electron chi connectivity index (χ1n) is 5.13. The minimum Gasteiger partial charge on any atom is -0.397 e. The van der Waals surface area contributed by atoms with Crippen molar-refractivity contribution in [2.75, 3.05) is 5.73 Å². The van der Waals surface area contributed by atoms with Gasteiger partial charge < -0.3 is 5.73 Å². The lowest BCUT2D eigenvalue weighted by molar-refractivity contribution is 1.34. The quantitative estimate of drug-likeness (QED) is 0.727. The fraction of sp³-hybridized carbons (Fsp3) is 0. The van der Waals surface area contributed by atoms with Gasteiger partial charge in [-0.3, -0.25) is 4.98 Å². The van der Waals surface area contributed by atoms with Gasteiger partial charge in [0.2, 0.25) is 0 Å². The Morgan fingerprint density at radius 2 is 2.00 bits per heavy atom. The number of nitrogen functional groups attached to an aromatic ring is 1. The Balaban J connectivity index is 2.14. The van der Waals surface area contributed by atoms with E-state index < -0.39 is 0 Å². The molecule has 0 aliphatic heterocycles. The molecule has 17 heavy (non-hydrogen) atoms. The molecule has 2 heterocycles. The highest BCUT2D eigenvalue weighted by atomic mass is 79.9. The zero-order chi connectivity index (χ0) is 11.8. The van der Waals surface area contributed by atoms with Crippen molar-refractivity contribution in [1.29, 1.82) is 0 Å². The van der Waals surface area contributed by atoms with E-state index in [1.165, 1.54) is 10.1 Å². The maximum Gasteiger partial charge on any atom is 0.0803 e. The molecule has 0 aliphatic carbocycles. The lowest BCUT2D eigenvalue weighted by Gasteiger charge is -1.95. The van der Waals surface area contributed by atoms with Crippen LogP contribution in [0, 0.1) is 0 Å². The molecule has 3 rings (SSSR count). The number of benzene rings is 1. The van der Waals surface area contributed by atoms with Gasteiger partial charge in [-0.2, -0.15) is 0 Å². The van der Waals surface area contributed by atoms with E-state index in [2.05, 4.69) is 45.2 Å². The molecule has 4 heteroatoms. The zero-order valence-electron chi connectivity index (χ0n) is 8.85. The smallest absolute Gasteiger partial charge is 0.0803 e. The zero-order valence-corrected chi connectivity index (χ0v) is 11.3. The molecule has 1 aromatic carbocycles. The average Bonchev–Trinajstić information content (AvgIpc) is 2.72. The number of fused-ring (bicyclic) bond motifs is 1. The van der Waals surface area contributed by atoms with Gasteiger partial charge in [0.05, 0.1) is 22.5 Å². The summed E-state index contributed by atoms with van der Waals surface area (Å²) in [5, 5.41) is 1.24. The molecule has 3 aromatic rings. The number of nitrogens with two attached hydrogens (primary N) is 1. The first-order chi connectivity index (χ1) is 8.22. The predicted octanol–water partition coefficient (Wildman–Crippen LogP) is 4.31. The van der Waals surface area contributed by atoms with Crippen molar-refractivity contribution in [2.45, 2.75) is 0 Å². The Morgan fingerprint density at radius 3 is 2.76 bits per heavy atom. The number of thiophene rings is 1. The van der Waals surface area contributed by atoms with E-state index in [0.717, 1.165) is 15.0 Å². The average molecular weight is 305 g/mol. The molecular weight excluding hydrogens is 296 g/mol. The molecule has 2 aromatic heterocycles. The van der Waals surface area contributed by atoms with Crippen LogP contribution in [0.1, 0.15) is 0 Å². The van der Waals surface area contributed by atoms with Crippen molar-refractivity contribution in [2.24, 2.45) is 0 Å². The minimum atomic E-state index is 0.692. The van der Waals surface area contributed by atoms with E-state index in [1.54, 1.807) is 17.5 Å². The van der Waals surface area contributed by atoms with E-state index >= 15 is 0 Å². The molecule has 0 aliphatic rings. The van der Waals surface area contributed by atoms with E-state index in [9.17, 15) is 0 Å². The van der Waals surface area contributed by atoms with Crippen LogP contribution in [-0.4, -0.2) is 4.98 Å². The van der Waals surface area contributed by atoms with Crippen LogP contribution in [0.15, 0.2) is 47.1 Å². The van der Waals surface area contributed by atoms with Crippen molar-refractivity contribution in [1.82, 2.24) is 4.98 Å². The summed E-state index contributed by atoms with van der Waals surface area (Å²) in [7, 11) is 0. The standard InChI is InChI=1S/C13H9BrN2S/c14-9-2-1-8-5-13(17-12(8)6-9)11-4-3-10(15)7-16-11/h1-7H,15H2. The van der Waals surface area contributed by atoms with Crippen LogP contribution in [0.5, 0.6) is 0 Å². The Bertz CT molecular complexity index is 673. The van der Waals surface area contributed by atoms with Gasteiger partial charge in [-0.05, 0) is 35.7 Å². The highest BCUT2D eigenvalue weighted by Gasteiger charge is 2.05. The van der Waals surface area contributed by atoms with E-state index in [0.29, 0.717) is 5.69 Å². The third kappa shape index (κ3) is 2.06. The summed E-state index contributed by atoms with van der Waals surface area (Å²) in [5.41, 5.74) is 7.30. The maximum absolute atomic E-state index is 5.63. The molecule has 2 N–H and O–H groups in total. The fourth-order valence-corrected chi connectivity index (χ4v) is 3.27. The van der Waals surface area contributed by atoms with Gasteiger partial charge in [0.15, 0.2) is 0 Å². The lowest BCUT2D eigenvalue weighted by Crippen LogP contribution is -1.86. The number of aromatic nitrogens is 1. The van der Waals surface area contributed by atoms with Gasteiger partial charge in [-0.1, -0.05) is 22.0 Å². The molecule has 0 bridgehead atoms. The van der Waals surface area contributed by atoms with Crippen LogP contribution in [-0.2, 0) is 0 Å². The Morgan fingerprint density at radius 1 is 1.12 bits per heavy atom. The van der Waals surface area contributed by atoms with Gasteiger partial charge in [-0.15, -0.1) is 11.3 Å². The van der Waals surface area contributed by atoms with Gasteiger partial charge in [-0.25, -0.2) is 0 Å². The molecule has 0 atom stereocenters. The number of anilines is 1. The second-order valence-electron chi connectivity index (χ2n) is 3.77. The highest BCUT2D eigenvalue weighted by molar-refractivity contribution is 9.10. The molecule has 0 spiro atoms. The van der Waals surface area contributed by atoms with E-state index in [-0.39, 0.29) is 0 Å². The number of nitrogens with zero attached hydrogens (tertiary/aromatic N) is 1. The van der Waals surface area contributed by atoms with Gasteiger partial charge in [0.1, 0.15) is 0 Å². The molecule has 0 amide bonds. The van der Waals surface area contributed by atoms with Gasteiger partial charge in [0, 0.05) is 9.17 Å². The highest BCUT2D eigenvalue weighted by Crippen LogP contribution is 2.34. The minimum absolute atomic E-state index is 0.692. The Labute approximate surface area is 111 Å². The number of hydrogen-bond donors (Lipinski definition) is 1. The third-order valence-electron chi connectivity index (χ3n) is 2.52. The van der Waals surface area contributed by atoms with Crippen molar-refractivity contribution in [3.8, 4) is 10.6 Å². The van der Waals surface area contributed by atoms with E-state index in [1.807, 2.05) is 12.1 Å². The monoisotopic (exact) mass is 304 g/mol. The number of rotatable bonds is 1. The summed E-state index contributed by atoms with van der Waals surface area (Å²) in [4.78, 5) is 5.50. The molecule has 0 unspecified atom stereocenters. The van der Waals surface area contributed by atoms with Crippen molar-refractivity contribution < 1.29 is 0 Å². The Kier molecular flexibility index (Phi) is 2.61. The molecule has 0 saturated carbocycles. The molecule has 0 fully saturated rings. The predicted molar refractivity (Wildman–Crippen MR) is 77.2 cm³/mol. The van der Waals surface area contributed by atoms with Crippen molar-refractivity contribution in [3.63, 3.8) is 0 Å². The summed E-state index contributed by atoms with van der Waals surface area (Å²) in [6.45, 7) is 0. The first-order valence-corrected chi connectivity index (χ1v) is 6.74. The molecule has 2 nitrogen and oxygen atoms in total. The topological polar surface area (TPSA) is 38.9 Å². The molecular formula is C13H9BrN2S. The summed E-state index contributed by atoms with van der Waals surface area (Å²) >= 11 is 5.22. The molecule has 0 saturated heterocycles. The molecule has 84 valence electrons. The third-order valence-corrected chi connectivity index (χ3v) is 4.13. The summed E-state index contributed by atoms with van der Waals surface area (Å²) in [5.74, 6) is 0. The lowest BCUT2D eigenvalue weighted by atomic mass is 10.2. The maximum atomic E-state index is 5.63. The van der Waals surface area contributed by atoms with Crippen LogP contribution in [0.4, 0.5) is 5.69 Å². The second kappa shape index (κ2) is 4.13. The SMILES string of the molecule is Nc1ccc(-c2cc3ccc(Br)cc3s2)nc1. The van der Waals surface area contributed by atoms with Gasteiger partial charge >= 0.3 is 0 Å². The van der Waals surface area contributed by atoms with Crippen LogP contribution in [0.25, 0.3) is 20.7 Å². The number of hydrogen-bond acceptors (Lipinski definition) is 3. The normalized spacial score (nSPS) is 10.9. The number of halogens is 1. The van der Waals surface area contributed by atoms with Crippen molar-refractivity contribution in [3.05, 3.63) is 47.1 Å². The largest absolute Gasteiger partial charge is 0.397 e. The van der Waals surface area contributed by atoms with Crippen LogP contribution in [0.3, 0.4) is 0 Å². The van der Waals surface area contributed by atoms with Crippen LogP contribution < -0.4 is 5.73 Å². The summed E-state index contributed by atoms with van der Waals surface area (Å²) in [6, 6.07) is 12.3. The second-order valence-corrected chi connectivity index (χ2v) is 5.77. The van der Waals surface area contributed by atoms with E-state index in [4.69, 9.17) is 5.73 Å². The molecule has 0 radical (unpaired) electrons. The van der Waals surface area contributed by atoms with Gasteiger partial charge in [0.25, 0.3) is 0 Å².